The number of hydrogen-bond donors (Lipinski definition) is 1. The normalized spacial score (nSPS) is 15.9. The van der Waals surface area contributed by atoms with Crippen LogP contribution in [0, 0.1) is 6.92 Å². The number of anilines is 1. The van der Waals surface area contributed by atoms with Crippen molar-refractivity contribution in [2.75, 3.05) is 18.1 Å². The summed E-state index contributed by atoms with van der Waals surface area (Å²) in [6.45, 7) is 7.33. The number of carbonyl (C=O) groups excluding carboxylic acids is 2. The van der Waals surface area contributed by atoms with E-state index in [4.69, 9.17) is 9.47 Å². The summed E-state index contributed by atoms with van der Waals surface area (Å²) in [5.41, 5.74) is 3.34. The summed E-state index contributed by atoms with van der Waals surface area (Å²) in [5, 5.41) is 20.5. The molecule has 45 heavy (non-hydrogen) atoms. The fourth-order valence-corrected chi connectivity index (χ4v) is 6.76. The van der Waals surface area contributed by atoms with Gasteiger partial charge in [0, 0.05) is 11.3 Å². The van der Waals surface area contributed by atoms with E-state index in [0.717, 1.165) is 31.2 Å². The lowest BCUT2D eigenvalue weighted by molar-refractivity contribution is -0.132. The number of aromatic nitrogens is 2. The van der Waals surface area contributed by atoms with Gasteiger partial charge in [-0.15, -0.1) is 10.2 Å². The second-order valence-corrected chi connectivity index (χ2v) is 13.0. The van der Waals surface area contributed by atoms with Gasteiger partial charge in [0.15, 0.2) is 4.34 Å². The highest BCUT2D eigenvalue weighted by molar-refractivity contribution is 8.00. The Balaban J connectivity index is 1.50. The molecule has 0 aliphatic carbocycles. The lowest BCUT2D eigenvalue weighted by Crippen LogP contribution is -2.29. The Morgan fingerprint density at radius 3 is 2.40 bits per heavy atom. The number of nitrogens with zero attached hydrogens (tertiary/aromatic N) is 3. The van der Waals surface area contributed by atoms with E-state index in [1.165, 1.54) is 33.6 Å². The Kier molecular flexibility index (Phi) is 10.9. The molecule has 1 atom stereocenters. The number of thioether (sulfide) groups is 1. The van der Waals surface area contributed by atoms with Crippen molar-refractivity contribution in [2.24, 2.45) is 0 Å². The van der Waals surface area contributed by atoms with Crippen LogP contribution in [0.2, 0.25) is 0 Å². The first-order valence-electron chi connectivity index (χ1n) is 15.2. The SMILES string of the molecule is CCCCCOc1cccc(C2/C(=C(\O)c3ccc(OCCC)cc3)C(=O)C(=O)N2c2nnc(SCc3ccc(C)cc3)s2)c1. The molecule has 2 heterocycles. The molecule has 0 spiro atoms. The third kappa shape index (κ3) is 7.75. The van der Waals surface area contributed by atoms with E-state index < -0.39 is 17.7 Å². The van der Waals surface area contributed by atoms with Gasteiger partial charge in [-0.25, -0.2) is 0 Å². The molecule has 1 amide bonds. The fraction of sp³-hybridized carbons (Fsp3) is 0.314. The molecule has 1 N–H and O–H groups in total. The highest BCUT2D eigenvalue weighted by Gasteiger charge is 2.48. The molecule has 0 radical (unpaired) electrons. The molecule has 0 saturated carbocycles. The van der Waals surface area contributed by atoms with Crippen LogP contribution in [0.15, 0.2) is 82.7 Å². The third-order valence-electron chi connectivity index (χ3n) is 7.32. The largest absolute Gasteiger partial charge is 0.507 e. The lowest BCUT2D eigenvalue weighted by Gasteiger charge is -2.23. The van der Waals surface area contributed by atoms with E-state index in [0.29, 0.717) is 45.9 Å². The average molecular weight is 644 g/mol. The zero-order valence-corrected chi connectivity index (χ0v) is 27.3. The fourth-order valence-electron chi connectivity index (χ4n) is 4.93. The van der Waals surface area contributed by atoms with Gasteiger partial charge in [-0.05, 0) is 67.3 Å². The number of aliphatic hydroxyl groups is 1. The van der Waals surface area contributed by atoms with Crippen LogP contribution in [0.1, 0.15) is 67.8 Å². The van der Waals surface area contributed by atoms with Gasteiger partial charge >= 0.3 is 5.91 Å². The molecule has 1 aliphatic heterocycles. The van der Waals surface area contributed by atoms with Crippen LogP contribution < -0.4 is 14.4 Å². The number of ether oxygens (including phenoxy) is 2. The molecule has 1 aliphatic rings. The van der Waals surface area contributed by atoms with E-state index in [2.05, 4.69) is 41.4 Å². The Morgan fingerprint density at radius 2 is 1.67 bits per heavy atom. The van der Waals surface area contributed by atoms with Crippen molar-refractivity contribution >= 4 is 45.7 Å². The number of carbonyl (C=O) groups is 2. The van der Waals surface area contributed by atoms with Crippen molar-refractivity contribution < 1.29 is 24.2 Å². The van der Waals surface area contributed by atoms with Crippen LogP contribution in [0.3, 0.4) is 0 Å². The molecule has 3 aromatic carbocycles. The number of hydrogen-bond acceptors (Lipinski definition) is 9. The van der Waals surface area contributed by atoms with Crippen LogP contribution in [0.25, 0.3) is 5.76 Å². The number of amides is 1. The first kappa shape index (κ1) is 32.2. The molecule has 10 heteroatoms. The molecule has 1 aromatic heterocycles. The van der Waals surface area contributed by atoms with Gasteiger partial charge in [-0.1, -0.05) is 91.7 Å². The molecule has 234 valence electrons. The zero-order valence-electron chi connectivity index (χ0n) is 25.7. The van der Waals surface area contributed by atoms with Gasteiger partial charge in [-0.2, -0.15) is 0 Å². The number of rotatable bonds is 14. The van der Waals surface area contributed by atoms with Crippen LogP contribution >= 0.6 is 23.1 Å². The van der Waals surface area contributed by atoms with Crippen molar-refractivity contribution in [3.63, 3.8) is 0 Å². The van der Waals surface area contributed by atoms with Gasteiger partial charge in [0.1, 0.15) is 17.3 Å². The number of Topliss-reactive ketones (excluding diaryl/α,β-unsaturated/α-hetero) is 1. The van der Waals surface area contributed by atoms with Crippen LogP contribution in [0.5, 0.6) is 11.5 Å². The van der Waals surface area contributed by atoms with Crippen molar-refractivity contribution in [1.82, 2.24) is 10.2 Å². The molecular weight excluding hydrogens is 607 g/mol. The van der Waals surface area contributed by atoms with Gasteiger partial charge < -0.3 is 14.6 Å². The number of aryl methyl sites for hydroxylation is 1. The smallest absolute Gasteiger partial charge is 0.301 e. The van der Waals surface area contributed by atoms with Crippen molar-refractivity contribution in [2.45, 2.75) is 62.6 Å². The number of ketones is 1. The minimum atomic E-state index is -0.928. The number of aliphatic hydroxyl groups excluding tert-OH is 1. The Labute approximate surface area is 272 Å². The van der Waals surface area contributed by atoms with E-state index in [9.17, 15) is 14.7 Å². The average Bonchev–Trinajstić information content (AvgIpc) is 3.63. The Bertz CT molecular complexity index is 1650. The summed E-state index contributed by atoms with van der Waals surface area (Å²) in [6, 6.07) is 21.5. The molecule has 1 unspecified atom stereocenters. The summed E-state index contributed by atoms with van der Waals surface area (Å²) in [5.74, 6) is 0.135. The summed E-state index contributed by atoms with van der Waals surface area (Å²) in [7, 11) is 0. The quantitative estimate of drug-likeness (QED) is 0.0367. The monoisotopic (exact) mass is 643 g/mol. The zero-order chi connectivity index (χ0) is 31.8. The second kappa shape index (κ2) is 15.2. The minimum Gasteiger partial charge on any atom is -0.507 e. The lowest BCUT2D eigenvalue weighted by atomic mass is 9.95. The maximum absolute atomic E-state index is 13.7. The van der Waals surface area contributed by atoms with Crippen molar-refractivity contribution in [3.05, 3.63) is 101 Å². The second-order valence-electron chi connectivity index (χ2n) is 10.8. The van der Waals surface area contributed by atoms with Crippen LogP contribution in [-0.4, -0.2) is 40.2 Å². The maximum Gasteiger partial charge on any atom is 0.301 e. The first-order valence-corrected chi connectivity index (χ1v) is 17.0. The summed E-state index contributed by atoms with van der Waals surface area (Å²) in [6.07, 6.45) is 3.93. The predicted molar refractivity (Wildman–Crippen MR) is 179 cm³/mol. The molecule has 8 nitrogen and oxygen atoms in total. The topological polar surface area (TPSA) is 102 Å². The van der Waals surface area contributed by atoms with Gasteiger partial charge in [0.2, 0.25) is 5.13 Å². The maximum atomic E-state index is 13.7. The van der Waals surface area contributed by atoms with E-state index in [1.807, 2.05) is 38.1 Å². The van der Waals surface area contributed by atoms with Crippen LogP contribution in [0.4, 0.5) is 5.13 Å². The molecule has 0 bridgehead atoms. The molecular formula is C35H37N3O5S2. The minimum absolute atomic E-state index is 0.0191. The molecule has 5 rings (SSSR count). The Hall–Kier alpha value is -4.15. The molecule has 4 aromatic rings. The van der Waals surface area contributed by atoms with Gasteiger partial charge in [-0.3, -0.25) is 14.5 Å². The van der Waals surface area contributed by atoms with Crippen molar-refractivity contribution in [1.29, 1.82) is 0 Å². The summed E-state index contributed by atoms with van der Waals surface area (Å²) in [4.78, 5) is 28.7. The van der Waals surface area contributed by atoms with Crippen LogP contribution in [-0.2, 0) is 15.3 Å². The van der Waals surface area contributed by atoms with E-state index in [-0.39, 0.29) is 16.5 Å². The van der Waals surface area contributed by atoms with E-state index >= 15 is 0 Å². The number of unbranched alkanes of at least 4 members (excludes halogenated alkanes) is 2. The molecule has 1 fully saturated rings. The highest BCUT2D eigenvalue weighted by atomic mass is 32.2. The first-order chi connectivity index (χ1) is 21.9. The summed E-state index contributed by atoms with van der Waals surface area (Å²) >= 11 is 2.75. The summed E-state index contributed by atoms with van der Waals surface area (Å²) < 4.78 is 12.4. The van der Waals surface area contributed by atoms with Crippen molar-refractivity contribution in [3.8, 4) is 11.5 Å². The highest BCUT2D eigenvalue weighted by Crippen LogP contribution is 2.44. The third-order valence-corrected chi connectivity index (χ3v) is 9.45. The van der Waals surface area contributed by atoms with Gasteiger partial charge in [0.25, 0.3) is 5.78 Å². The van der Waals surface area contributed by atoms with Gasteiger partial charge in [0.05, 0.1) is 24.8 Å². The van der Waals surface area contributed by atoms with E-state index in [1.54, 1.807) is 24.3 Å². The predicted octanol–water partition coefficient (Wildman–Crippen LogP) is 8.12. The standard InChI is InChI=1S/C35H37N3O5S2/c1-4-6-7-20-43-28-10-8-9-26(21-28)30-29(31(39)25-15-17-27(18-16-25)42-19-5-2)32(40)33(41)38(30)34-36-37-35(45-34)44-22-24-13-11-23(3)12-14-24/h8-18,21,30,39H,4-7,19-20,22H2,1-3H3/b31-29+. The number of benzene rings is 3. The Morgan fingerprint density at radius 1 is 0.911 bits per heavy atom. The molecule has 1 saturated heterocycles.